The first-order valence-corrected chi connectivity index (χ1v) is 6.91. The lowest BCUT2D eigenvalue weighted by Crippen LogP contribution is -2.21. The van der Waals surface area contributed by atoms with E-state index in [4.69, 9.17) is 5.11 Å². The number of hydrogen-bond donors (Lipinski definition) is 1. The minimum Gasteiger partial charge on any atom is -0.396 e. The van der Waals surface area contributed by atoms with Crippen molar-refractivity contribution in [2.75, 3.05) is 27.2 Å². The van der Waals surface area contributed by atoms with E-state index in [0.717, 1.165) is 18.3 Å². The number of hydrogen-bond acceptors (Lipinski definition) is 2. The van der Waals surface area contributed by atoms with Crippen LogP contribution < -0.4 is 0 Å². The van der Waals surface area contributed by atoms with Crippen LogP contribution in [0.15, 0.2) is 0 Å². The topological polar surface area (TPSA) is 23.5 Å². The van der Waals surface area contributed by atoms with Crippen molar-refractivity contribution in [3.05, 3.63) is 0 Å². The summed E-state index contributed by atoms with van der Waals surface area (Å²) in [6, 6.07) is 0. The Morgan fingerprint density at radius 2 is 1.69 bits per heavy atom. The maximum Gasteiger partial charge on any atom is 0.0431 e. The number of rotatable bonds is 10. The normalized spacial score (nSPS) is 15.4. The van der Waals surface area contributed by atoms with E-state index in [9.17, 15) is 0 Å². The Balaban J connectivity index is 4.09. The first kappa shape index (κ1) is 15.9. The number of aliphatic hydroxyl groups is 1. The molecule has 2 unspecified atom stereocenters. The Morgan fingerprint density at radius 1 is 1.00 bits per heavy atom. The average molecular weight is 229 g/mol. The largest absolute Gasteiger partial charge is 0.396 e. The Labute approximate surface area is 102 Å². The second kappa shape index (κ2) is 10.1. The summed E-state index contributed by atoms with van der Waals surface area (Å²) in [5.41, 5.74) is 0. The van der Waals surface area contributed by atoms with Crippen molar-refractivity contribution in [1.82, 2.24) is 4.90 Å². The van der Waals surface area contributed by atoms with Gasteiger partial charge in [0, 0.05) is 6.61 Å². The molecule has 0 spiro atoms. The van der Waals surface area contributed by atoms with Crippen LogP contribution in [-0.2, 0) is 0 Å². The zero-order chi connectivity index (χ0) is 12.4. The van der Waals surface area contributed by atoms with Crippen LogP contribution in [0.4, 0.5) is 0 Å². The van der Waals surface area contributed by atoms with Crippen molar-refractivity contribution in [1.29, 1.82) is 0 Å². The van der Waals surface area contributed by atoms with Crippen LogP contribution in [0.25, 0.3) is 0 Å². The van der Waals surface area contributed by atoms with Crippen LogP contribution in [0.1, 0.15) is 52.4 Å². The standard InChI is InChI=1S/C14H31NO/c1-5-8-14(9-7-12-16)13(6-2)10-11-15(3)4/h13-14,16H,5-12H2,1-4H3. The quantitative estimate of drug-likeness (QED) is 0.622. The monoisotopic (exact) mass is 229 g/mol. The fraction of sp³-hybridized carbons (Fsp3) is 1.00. The molecule has 0 saturated carbocycles. The molecular formula is C14H31NO. The molecule has 2 nitrogen and oxygen atoms in total. The lowest BCUT2D eigenvalue weighted by molar-refractivity contribution is 0.212. The van der Waals surface area contributed by atoms with E-state index in [-0.39, 0.29) is 0 Å². The molecular weight excluding hydrogens is 198 g/mol. The molecule has 0 aromatic carbocycles. The molecule has 16 heavy (non-hydrogen) atoms. The van der Waals surface area contributed by atoms with E-state index in [2.05, 4.69) is 32.8 Å². The minimum atomic E-state index is 0.352. The van der Waals surface area contributed by atoms with Crippen LogP contribution in [-0.4, -0.2) is 37.3 Å². The Kier molecular flexibility index (Phi) is 10.0. The van der Waals surface area contributed by atoms with Gasteiger partial charge in [0.1, 0.15) is 0 Å². The first-order valence-electron chi connectivity index (χ1n) is 6.91. The zero-order valence-corrected chi connectivity index (χ0v) is 11.7. The summed E-state index contributed by atoms with van der Waals surface area (Å²) in [5.74, 6) is 1.66. The Bertz CT molecular complexity index is 148. The van der Waals surface area contributed by atoms with Crippen molar-refractivity contribution >= 4 is 0 Å². The summed E-state index contributed by atoms with van der Waals surface area (Å²) in [6.07, 6.45) is 7.36. The van der Waals surface area contributed by atoms with Gasteiger partial charge in [-0.1, -0.05) is 33.1 Å². The summed E-state index contributed by atoms with van der Waals surface area (Å²) in [7, 11) is 4.30. The highest BCUT2D eigenvalue weighted by molar-refractivity contribution is 4.70. The van der Waals surface area contributed by atoms with Gasteiger partial charge in [-0.15, -0.1) is 0 Å². The summed E-state index contributed by atoms with van der Waals surface area (Å²) >= 11 is 0. The third-order valence-corrected chi connectivity index (χ3v) is 3.53. The predicted molar refractivity (Wildman–Crippen MR) is 71.7 cm³/mol. The van der Waals surface area contributed by atoms with E-state index in [0.29, 0.717) is 6.61 Å². The molecule has 2 atom stereocenters. The highest BCUT2D eigenvalue weighted by Crippen LogP contribution is 2.28. The molecule has 0 bridgehead atoms. The maximum absolute atomic E-state index is 8.95. The van der Waals surface area contributed by atoms with Gasteiger partial charge in [-0.05, 0) is 51.7 Å². The van der Waals surface area contributed by atoms with E-state index in [1.807, 2.05) is 0 Å². The van der Waals surface area contributed by atoms with Crippen molar-refractivity contribution in [2.24, 2.45) is 11.8 Å². The molecule has 0 aliphatic carbocycles. The SMILES string of the molecule is CCCC(CCCO)C(CC)CCN(C)C. The minimum absolute atomic E-state index is 0.352. The molecule has 0 aliphatic rings. The fourth-order valence-electron chi connectivity index (χ4n) is 2.54. The van der Waals surface area contributed by atoms with Crippen LogP contribution in [0.2, 0.25) is 0 Å². The number of aliphatic hydroxyl groups excluding tert-OH is 1. The zero-order valence-electron chi connectivity index (χ0n) is 11.7. The van der Waals surface area contributed by atoms with Crippen LogP contribution in [0.3, 0.4) is 0 Å². The average Bonchev–Trinajstić information content (AvgIpc) is 2.26. The van der Waals surface area contributed by atoms with Crippen LogP contribution >= 0.6 is 0 Å². The predicted octanol–water partition coefficient (Wildman–Crippen LogP) is 3.15. The van der Waals surface area contributed by atoms with Gasteiger partial charge in [-0.3, -0.25) is 0 Å². The van der Waals surface area contributed by atoms with Gasteiger partial charge in [0.05, 0.1) is 0 Å². The van der Waals surface area contributed by atoms with Gasteiger partial charge in [-0.2, -0.15) is 0 Å². The summed E-state index contributed by atoms with van der Waals surface area (Å²) in [5, 5.41) is 8.95. The highest BCUT2D eigenvalue weighted by atomic mass is 16.2. The van der Waals surface area contributed by atoms with E-state index in [1.165, 1.54) is 38.6 Å². The van der Waals surface area contributed by atoms with Gasteiger partial charge in [-0.25, -0.2) is 0 Å². The summed E-state index contributed by atoms with van der Waals surface area (Å²) in [6.45, 7) is 6.12. The molecule has 0 heterocycles. The fourth-order valence-corrected chi connectivity index (χ4v) is 2.54. The molecule has 0 aromatic rings. The molecule has 0 rings (SSSR count). The van der Waals surface area contributed by atoms with Gasteiger partial charge in [0.2, 0.25) is 0 Å². The Morgan fingerprint density at radius 3 is 2.12 bits per heavy atom. The van der Waals surface area contributed by atoms with Crippen LogP contribution in [0, 0.1) is 11.8 Å². The third kappa shape index (κ3) is 7.24. The second-order valence-corrected chi connectivity index (χ2v) is 5.17. The molecule has 0 radical (unpaired) electrons. The molecule has 1 N–H and O–H groups in total. The molecule has 98 valence electrons. The van der Waals surface area contributed by atoms with E-state index < -0.39 is 0 Å². The molecule has 0 aromatic heterocycles. The second-order valence-electron chi connectivity index (χ2n) is 5.17. The van der Waals surface area contributed by atoms with Crippen molar-refractivity contribution in [3.8, 4) is 0 Å². The smallest absolute Gasteiger partial charge is 0.0431 e. The van der Waals surface area contributed by atoms with Gasteiger partial charge in [0.25, 0.3) is 0 Å². The van der Waals surface area contributed by atoms with Crippen molar-refractivity contribution in [3.63, 3.8) is 0 Å². The molecule has 0 fully saturated rings. The summed E-state index contributed by atoms with van der Waals surface area (Å²) < 4.78 is 0. The van der Waals surface area contributed by atoms with Crippen LogP contribution in [0.5, 0.6) is 0 Å². The molecule has 0 aliphatic heterocycles. The van der Waals surface area contributed by atoms with E-state index in [1.54, 1.807) is 0 Å². The number of nitrogens with zero attached hydrogens (tertiary/aromatic N) is 1. The van der Waals surface area contributed by atoms with Gasteiger partial charge >= 0.3 is 0 Å². The Hall–Kier alpha value is -0.0800. The van der Waals surface area contributed by atoms with E-state index >= 15 is 0 Å². The van der Waals surface area contributed by atoms with Crippen molar-refractivity contribution in [2.45, 2.75) is 52.4 Å². The van der Waals surface area contributed by atoms with Gasteiger partial charge < -0.3 is 10.0 Å². The first-order chi connectivity index (χ1) is 7.65. The lowest BCUT2D eigenvalue weighted by Gasteiger charge is -2.27. The highest BCUT2D eigenvalue weighted by Gasteiger charge is 2.18. The third-order valence-electron chi connectivity index (χ3n) is 3.53. The molecule has 0 saturated heterocycles. The van der Waals surface area contributed by atoms with Crippen molar-refractivity contribution < 1.29 is 5.11 Å². The molecule has 2 heteroatoms. The maximum atomic E-state index is 8.95. The lowest BCUT2D eigenvalue weighted by atomic mass is 9.81. The summed E-state index contributed by atoms with van der Waals surface area (Å²) in [4.78, 5) is 2.28. The van der Waals surface area contributed by atoms with Gasteiger partial charge in [0.15, 0.2) is 0 Å². The molecule has 0 amide bonds.